The van der Waals surface area contributed by atoms with Crippen LogP contribution in [0.5, 0.6) is 5.75 Å². The first kappa shape index (κ1) is 28.6. The van der Waals surface area contributed by atoms with Gasteiger partial charge in [0.25, 0.3) is 6.09 Å². The Morgan fingerprint density at radius 3 is 2.08 bits per heavy atom. The van der Waals surface area contributed by atoms with Crippen LogP contribution < -0.4 is 14.3 Å². The Morgan fingerprint density at radius 1 is 0.947 bits per heavy atom. The van der Waals surface area contributed by atoms with Crippen LogP contribution in [0.1, 0.15) is 63.9 Å². The van der Waals surface area contributed by atoms with Gasteiger partial charge in [-0.15, -0.1) is 0 Å². The van der Waals surface area contributed by atoms with E-state index >= 15 is 0 Å². The largest absolute Gasteiger partial charge is 0.497 e. The summed E-state index contributed by atoms with van der Waals surface area (Å²) < 4.78 is 10.1. The number of quaternary nitrogens is 1. The van der Waals surface area contributed by atoms with Crippen molar-refractivity contribution in [1.29, 1.82) is 0 Å². The van der Waals surface area contributed by atoms with E-state index < -0.39 is 28.2 Å². The molecule has 9 nitrogen and oxygen atoms in total. The van der Waals surface area contributed by atoms with E-state index in [4.69, 9.17) is 9.47 Å². The normalized spacial score (nSPS) is 17.1. The van der Waals surface area contributed by atoms with Gasteiger partial charge in [-0.2, -0.15) is 4.48 Å². The van der Waals surface area contributed by atoms with Crippen LogP contribution in [-0.2, 0) is 10.2 Å². The molecule has 1 aliphatic rings. The highest BCUT2D eigenvalue weighted by atomic mass is 16.6. The van der Waals surface area contributed by atoms with Gasteiger partial charge in [0.15, 0.2) is 0 Å². The Morgan fingerprint density at radius 2 is 1.55 bits per heavy atom. The molecule has 0 N–H and O–H groups in total. The molecular weight excluding hydrogens is 486 g/mol. The molecule has 202 valence electrons. The van der Waals surface area contributed by atoms with Gasteiger partial charge in [-0.3, -0.25) is 0 Å². The zero-order valence-electron chi connectivity index (χ0n) is 23.0. The quantitative estimate of drug-likeness (QED) is 0.301. The number of aliphatic imine (C=N–C) groups is 1. The van der Waals surface area contributed by atoms with Crippen molar-refractivity contribution >= 4 is 29.7 Å². The van der Waals surface area contributed by atoms with E-state index in [0.29, 0.717) is 11.3 Å². The third-order valence-corrected chi connectivity index (χ3v) is 6.03. The molecule has 1 atom stereocenters. The van der Waals surface area contributed by atoms with Crippen LogP contribution in [0.25, 0.3) is 0 Å². The molecule has 0 aliphatic carbocycles. The molecule has 1 heterocycles. The molecule has 0 spiro atoms. The van der Waals surface area contributed by atoms with E-state index in [1.807, 2.05) is 12.1 Å². The third-order valence-electron chi connectivity index (χ3n) is 6.03. The number of amides is 2. The fourth-order valence-corrected chi connectivity index (χ4v) is 3.86. The predicted octanol–water partition coefficient (Wildman–Crippen LogP) is 4.99. The van der Waals surface area contributed by atoms with Gasteiger partial charge in [-0.05, 0) is 56.0 Å². The number of amidine groups is 1. The maximum absolute atomic E-state index is 12.6. The Kier molecular flexibility index (Phi) is 8.12. The van der Waals surface area contributed by atoms with Crippen LogP contribution >= 0.6 is 0 Å². The number of hydrogen-bond acceptors (Lipinski definition) is 7. The van der Waals surface area contributed by atoms with Crippen LogP contribution in [0.4, 0.5) is 15.3 Å². The summed E-state index contributed by atoms with van der Waals surface area (Å²) in [6.45, 7) is 11.8. The second kappa shape index (κ2) is 10.8. The van der Waals surface area contributed by atoms with Crippen molar-refractivity contribution in [1.82, 2.24) is 9.38 Å². The first-order valence-corrected chi connectivity index (χ1v) is 12.4. The summed E-state index contributed by atoms with van der Waals surface area (Å²) in [6, 6.07) is 13.4. The molecule has 2 aromatic rings. The van der Waals surface area contributed by atoms with E-state index in [1.165, 1.54) is 29.4 Å². The number of carboxylic acid groups (broad SMARTS) is 1. The molecule has 0 bridgehead atoms. The van der Waals surface area contributed by atoms with Gasteiger partial charge < -0.3 is 24.3 Å². The van der Waals surface area contributed by atoms with Crippen LogP contribution in [-0.4, -0.2) is 48.1 Å². The van der Waals surface area contributed by atoms with Gasteiger partial charge in [0.2, 0.25) is 5.84 Å². The molecule has 0 saturated heterocycles. The summed E-state index contributed by atoms with van der Waals surface area (Å²) in [7, 11) is 1.57. The third kappa shape index (κ3) is 6.47. The first-order valence-electron chi connectivity index (χ1n) is 12.4. The first-order chi connectivity index (χ1) is 17.6. The minimum Gasteiger partial charge on any atom is -0.497 e. The van der Waals surface area contributed by atoms with E-state index in [2.05, 4.69) is 25.8 Å². The summed E-state index contributed by atoms with van der Waals surface area (Å²) in [5, 5.41) is 12.4. The Hall–Kier alpha value is -3.98. The van der Waals surface area contributed by atoms with Crippen molar-refractivity contribution in [3.05, 3.63) is 72.1 Å². The molecule has 1 unspecified atom stereocenters. The predicted molar refractivity (Wildman–Crippen MR) is 144 cm³/mol. The average Bonchev–Trinajstić information content (AvgIpc) is 3.26. The number of carbonyl (C=O) groups is 3. The number of esters is 1. The number of nitrogens with zero attached hydrogens (tertiary/aromatic N) is 3. The highest BCUT2D eigenvalue weighted by Gasteiger charge is 2.41. The number of hydrogen-bond donors (Lipinski definition) is 0. The monoisotopic (exact) mass is 521 g/mol. The lowest BCUT2D eigenvalue weighted by atomic mass is 9.87. The van der Waals surface area contributed by atoms with Crippen molar-refractivity contribution in [2.45, 2.75) is 59.0 Å². The van der Waals surface area contributed by atoms with Gasteiger partial charge in [-0.25, -0.2) is 14.6 Å². The van der Waals surface area contributed by atoms with Crippen molar-refractivity contribution in [3.63, 3.8) is 0 Å². The van der Waals surface area contributed by atoms with Gasteiger partial charge in [0.1, 0.15) is 23.2 Å². The topological polar surface area (TPSA) is 108 Å². The molecule has 0 radical (unpaired) electrons. The fraction of sp³-hybridized carbons (Fsp3) is 0.379. The van der Waals surface area contributed by atoms with Crippen molar-refractivity contribution < 1.29 is 29.0 Å². The molecule has 0 aromatic heterocycles. The van der Waals surface area contributed by atoms with Crippen molar-refractivity contribution in [3.8, 4) is 5.75 Å². The van der Waals surface area contributed by atoms with Crippen LogP contribution in [0.15, 0.2) is 65.9 Å². The summed E-state index contributed by atoms with van der Waals surface area (Å²) in [5.74, 6) is 0.0149. The minimum atomic E-state index is -1.40. The van der Waals surface area contributed by atoms with Gasteiger partial charge in [0, 0.05) is 25.7 Å². The summed E-state index contributed by atoms with van der Waals surface area (Å²) in [4.78, 5) is 42.9. The molecule has 38 heavy (non-hydrogen) atoms. The molecule has 0 fully saturated rings. The molecule has 2 aromatic carbocycles. The highest BCUT2D eigenvalue weighted by Crippen LogP contribution is 2.31. The fourth-order valence-electron chi connectivity index (χ4n) is 3.86. The Bertz CT molecular complexity index is 1250. The summed E-state index contributed by atoms with van der Waals surface area (Å²) in [6.07, 6.45) is 1.04. The smallest absolute Gasteiger partial charge is 0.410 e. The number of carbonyl (C=O) groups excluding carboxylic acids is 3. The van der Waals surface area contributed by atoms with E-state index in [0.717, 1.165) is 5.56 Å². The number of benzene rings is 2. The number of rotatable bonds is 6. The molecular formula is C29H35N3O6. The SMILES string of the molecule is CN(CCC1=NC=C[N+]1(C(=O)[O-])c1ccc(OC(=O)c2ccc(C(C)(C)C)cc2)cc1)C(=O)OC(C)(C)C. The van der Waals surface area contributed by atoms with Gasteiger partial charge in [0.05, 0.1) is 18.2 Å². The second-order valence-corrected chi connectivity index (χ2v) is 11.2. The lowest BCUT2D eigenvalue weighted by Gasteiger charge is -2.32. The van der Waals surface area contributed by atoms with Crippen LogP contribution in [0, 0.1) is 0 Å². The molecule has 2 amide bonds. The van der Waals surface area contributed by atoms with E-state index in [-0.39, 0.29) is 30.0 Å². The lowest BCUT2D eigenvalue weighted by molar-refractivity contribution is -0.257. The lowest BCUT2D eigenvalue weighted by Crippen LogP contribution is -2.59. The Labute approximate surface area is 223 Å². The molecule has 1 aliphatic heterocycles. The molecule has 3 rings (SSSR count). The van der Waals surface area contributed by atoms with E-state index in [1.54, 1.807) is 52.1 Å². The van der Waals surface area contributed by atoms with Crippen LogP contribution in [0.2, 0.25) is 0 Å². The second-order valence-electron chi connectivity index (χ2n) is 11.2. The number of ether oxygens (including phenoxy) is 2. The minimum absolute atomic E-state index is 0.0343. The van der Waals surface area contributed by atoms with E-state index in [9.17, 15) is 19.5 Å². The molecule has 9 heteroatoms. The zero-order chi connectivity index (χ0) is 28.3. The summed E-state index contributed by atoms with van der Waals surface area (Å²) >= 11 is 0. The van der Waals surface area contributed by atoms with Crippen molar-refractivity contribution in [2.75, 3.05) is 13.6 Å². The molecule has 0 saturated carbocycles. The zero-order valence-corrected chi connectivity index (χ0v) is 23.0. The van der Waals surface area contributed by atoms with Gasteiger partial charge >= 0.3 is 12.1 Å². The Balaban J connectivity index is 1.73. The summed E-state index contributed by atoms with van der Waals surface area (Å²) in [5.41, 5.74) is 1.16. The van der Waals surface area contributed by atoms with Gasteiger partial charge in [-0.1, -0.05) is 32.9 Å². The maximum atomic E-state index is 12.6. The maximum Gasteiger partial charge on any atom is 0.410 e. The average molecular weight is 522 g/mol. The highest BCUT2D eigenvalue weighted by molar-refractivity contribution is 6.10. The van der Waals surface area contributed by atoms with Crippen molar-refractivity contribution in [2.24, 2.45) is 4.99 Å². The standard InChI is InChI=1S/C29H35N3O6/c1-28(2,3)21-10-8-20(9-11-21)25(33)37-23-14-12-22(13-15-23)32(27(35)36)19-17-30-24(32)16-18-31(7)26(34)38-29(4,5)6/h8-15,17,19H,16,18H2,1-7H3. The van der Waals surface area contributed by atoms with Crippen LogP contribution in [0.3, 0.4) is 0 Å².